The van der Waals surface area contributed by atoms with Crippen LogP contribution in [0.5, 0.6) is 0 Å². The molecule has 6 heteroatoms. The van der Waals surface area contributed by atoms with E-state index in [2.05, 4.69) is 10.6 Å². The number of amides is 1. The van der Waals surface area contributed by atoms with Gasteiger partial charge in [0, 0.05) is 47.2 Å². The lowest BCUT2D eigenvalue weighted by Gasteiger charge is -2.13. The van der Waals surface area contributed by atoms with Crippen molar-refractivity contribution < 1.29 is 4.79 Å². The van der Waals surface area contributed by atoms with Crippen LogP contribution in [-0.2, 0) is 17.9 Å². The summed E-state index contributed by atoms with van der Waals surface area (Å²) in [6.45, 7) is 1.17. The third-order valence-electron chi connectivity index (χ3n) is 4.09. The summed E-state index contributed by atoms with van der Waals surface area (Å²) in [7, 11) is 1.77. The van der Waals surface area contributed by atoms with Gasteiger partial charge in [-0.05, 0) is 24.3 Å². The van der Waals surface area contributed by atoms with Crippen molar-refractivity contribution in [2.75, 3.05) is 7.05 Å². The maximum Gasteiger partial charge on any atom is 0.246 e. The minimum absolute atomic E-state index is 0.0663. The molecule has 3 rings (SSSR count). The highest BCUT2D eigenvalue weighted by atomic mass is 35.5. The smallest absolute Gasteiger partial charge is 0.246 e. The lowest BCUT2D eigenvalue weighted by molar-refractivity contribution is -0.125. The molecule has 0 fully saturated rings. The van der Waals surface area contributed by atoms with Crippen LogP contribution >= 0.6 is 22.9 Å². The molecule has 2 aromatic heterocycles. The van der Waals surface area contributed by atoms with Gasteiger partial charge in [-0.3, -0.25) is 4.79 Å². The van der Waals surface area contributed by atoms with Crippen LogP contribution in [0.4, 0.5) is 0 Å². The number of para-hydroxylation sites is 1. The molecule has 0 N–H and O–H groups in total. The molecule has 26 heavy (non-hydrogen) atoms. The average Bonchev–Trinajstić information content (AvgIpc) is 3.21. The molecule has 0 spiro atoms. The normalized spacial score (nSPS) is 11.1. The van der Waals surface area contributed by atoms with Gasteiger partial charge >= 0.3 is 0 Å². The number of hydrogen-bond acceptors (Lipinski definition) is 3. The van der Waals surface area contributed by atoms with Gasteiger partial charge in [-0.25, -0.2) is 0 Å². The summed E-state index contributed by atoms with van der Waals surface area (Å²) >= 11 is 7.42. The number of nitriles is 1. The minimum Gasteiger partial charge on any atom is -0.346 e. The van der Waals surface area contributed by atoms with Crippen LogP contribution in [0.1, 0.15) is 16.9 Å². The first-order chi connectivity index (χ1) is 12.6. The second-order valence-corrected chi connectivity index (χ2v) is 7.74. The summed E-state index contributed by atoms with van der Waals surface area (Å²) in [5.74, 6) is -0.0663. The number of benzene rings is 1. The van der Waals surface area contributed by atoms with Crippen molar-refractivity contribution in [1.29, 1.82) is 5.26 Å². The average molecular weight is 384 g/mol. The Kier molecular flexibility index (Phi) is 5.77. The monoisotopic (exact) mass is 383 g/mol. The van der Waals surface area contributed by atoms with E-state index < -0.39 is 0 Å². The van der Waals surface area contributed by atoms with Gasteiger partial charge in [0.15, 0.2) is 0 Å². The first-order valence-corrected chi connectivity index (χ1v) is 9.40. The Labute approximate surface area is 161 Å². The molecule has 0 aliphatic carbocycles. The topological polar surface area (TPSA) is 49.0 Å². The molecule has 0 saturated carbocycles. The van der Waals surface area contributed by atoms with Crippen LogP contribution in [0.2, 0.25) is 4.34 Å². The lowest BCUT2D eigenvalue weighted by Crippen LogP contribution is -2.23. The molecule has 0 aliphatic rings. The third-order valence-corrected chi connectivity index (χ3v) is 5.30. The number of fused-ring (bicyclic) bond motifs is 1. The number of aryl methyl sites for hydroxylation is 1. The van der Waals surface area contributed by atoms with E-state index >= 15 is 0 Å². The molecule has 2 heterocycles. The van der Waals surface area contributed by atoms with Crippen molar-refractivity contribution >= 4 is 45.8 Å². The van der Waals surface area contributed by atoms with E-state index in [0.717, 1.165) is 25.7 Å². The Morgan fingerprint density at radius 1 is 1.35 bits per heavy atom. The number of rotatable bonds is 6. The number of aromatic nitrogens is 1. The van der Waals surface area contributed by atoms with Gasteiger partial charge in [-0.1, -0.05) is 29.8 Å². The van der Waals surface area contributed by atoms with Gasteiger partial charge in [-0.2, -0.15) is 5.26 Å². The first kappa shape index (κ1) is 18.2. The van der Waals surface area contributed by atoms with Crippen LogP contribution in [-0.4, -0.2) is 22.4 Å². The SMILES string of the molecule is CN(Cc1ccc(Cl)s1)C(=O)/C=C/c1cn(CCC#N)c2ccccc12. The van der Waals surface area contributed by atoms with E-state index in [1.165, 1.54) is 11.3 Å². The molecule has 1 amide bonds. The van der Waals surface area contributed by atoms with Gasteiger partial charge in [0.1, 0.15) is 0 Å². The standard InChI is InChI=1S/C20H18ClN3OS/c1-23(14-16-8-9-19(21)26-16)20(25)10-7-15-13-24(12-4-11-22)18-6-3-2-5-17(15)18/h2-3,5-10,13H,4,12,14H2,1H3/b10-7+. The summed E-state index contributed by atoms with van der Waals surface area (Å²) < 4.78 is 2.78. The molecule has 0 unspecified atom stereocenters. The molecule has 0 radical (unpaired) electrons. The highest BCUT2D eigenvalue weighted by Gasteiger charge is 2.09. The number of nitrogens with zero attached hydrogens (tertiary/aromatic N) is 3. The van der Waals surface area contributed by atoms with E-state index in [1.807, 2.05) is 48.7 Å². The Balaban J connectivity index is 1.77. The van der Waals surface area contributed by atoms with Crippen molar-refractivity contribution in [3.63, 3.8) is 0 Å². The van der Waals surface area contributed by atoms with Crippen molar-refractivity contribution in [2.24, 2.45) is 0 Å². The molecule has 0 aliphatic heterocycles. The van der Waals surface area contributed by atoms with Gasteiger partial charge in [0.2, 0.25) is 5.91 Å². The van der Waals surface area contributed by atoms with Crippen molar-refractivity contribution in [2.45, 2.75) is 19.5 Å². The van der Waals surface area contributed by atoms with Crippen LogP contribution < -0.4 is 0 Å². The van der Waals surface area contributed by atoms with Crippen LogP contribution in [0, 0.1) is 11.3 Å². The van der Waals surface area contributed by atoms with Gasteiger partial charge in [0.25, 0.3) is 0 Å². The molecule has 4 nitrogen and oxygen atoms in total. The number of carbonyl (C=O) groups excluding carboxylic acids is 1. The zero-order chi connectivity index (χ0) is 18.5. The molecular formula is C20H18ClN3OS. The molecule has 1 aromatic carbocycles. The Hall–Kier alpha value is -2.55. The quantitative estimate of drug-likeness (QED) is 0.566. The largest absolute Gasteiger partial charge is 0.346 e. The number of hydrogen-bond donors (Lipinski definition) is 0. The predicted octanol–water partition coefficient (Wildman–Crippen LogP) is 4.94. The molecule has 3 aromatic rings. The fourth-order valence-electron chi connectivity index (χ4n) is 2.80. The third kappa shape index (κ3) is 4.16. The zero-order valence-corrected chi connectivity index (χ0v) is 15.9. The van der Waals surface area contributed by atoms with Crippen LogP contribution in [0.3, 0.4) is 0 Å². The summed E-state index contributed by atoms with van der Waals surface area (Å²) in [4.78, 5) is 15.1. The summed E-state index contributed by atoms with van der Waals surface area (Å²) in [5, 5.41) is 9.90. The Morgan fingerprint density at radius 3 is 2.88 bits per heavy atom. The first-order valence-electron chi connectivity index (χ1n) is 8.20. The summed E-state index contributed by atoms with van der Waals surface area (Å²) in [6, 6.07) is 13.9. The maximum absolute atomic E-state index is 12.4. The molecule has 132 valence electrons. The molecule has 0 bridgehead atoms. The Morgan fingerprint density at radius 2 is 2.15 bits per heavy atom. The highest BCUT2D eigenvalue weighted by molar-refractivity contribution is 7.16. The lowest BCUT2D eigenvalue weighted by atomic mass is 10.1. The van der Waals surface area contributed by atoms with Crippen molar-refractivity contribution in [3.05, 3.63) is 63.4 Å². The van der Waals surface area contributed by atoms with E-state index in [1.54, 1.807) is 18.0 Å². The molecule has 0 atom stereocenters. The van der Waals surface area contributed by atoms with Crippen molar-refractivity contribution in [3.8, 4) is 6.07 Å². The van der Waals surface area contributed by atoms with E-state index in [4.69, 9.17) is 16.9 Å². The second-order valence-electron chi connectivity index (χ2n) is 5.94. The van der Waals surface area contributed by atoms with Gasteiger partial charge < -0.3 is 9.47 Å². The second kappa shape index (κ2) is 8.22. The van der Waals surface area contributed by atoms with Crippen LogP contribution in [0.15, 0.2) is 48.7 Å². The number of thiophene rings is 1. The zero-order valence-electron chi connectivity index (χ0n) is 14.4. The number of likely N-dealkylation sites (N-methyl/N-ethyl adjacent to an activating group) is 1. The number of halogens is 1. The Bertz CT molecular complexity index is 996. The van der Waals surface area contributed by atoms with Crippen molar-refractivity contribution in [1.82, 2.24) is 9.47 Å². The molecular weight excluding hydrogens is 366 g/mol. The van der Waals surface area contributed by atoms with Gasteiger partial charge in [0.05, 0.1) is 23.4 Å². The minimum atomic E-state index is -0.0663. The van der Waals surface area contributed by atoms with E-state index in [-0.39, 0.29) is 5.91 Å². The maximum atomic E-state index is 12.4. The fraction of sp³-hybridized carbons (Fsp3) is 0.200. The van der Waals surface area contributed by atoms with Gasteiger partial charge in [-0.15, -0.1) is 11.3 Å². The summed E-state index contributed by atoms with van der Waals surface area (Å²) in [6.07, 6.45) is 5.87. The highest BCUT2D eigenvalue weighted by Crippen LogP contribution is 2.24. The summed E-state index contributed by atoms with van der Waals surface area (Å²) in [5.41, 5.74) is 2.04. The van der Waals surface area contributed by atoms with E-state index in [9.17, 15) is 4.79 Å². The molecule has 0 saturated heterocycles. The van der Waals surface area contributed by atoms with Crippen LogP contribution in [0.25, 0.3) is 17.0 Å². The number of carbonyl (C=O) groups is 1. The fourth-order valence-corrected chi connectivity index (χ4v) is 3.94. The predicted molar refractivity (Wildman–Crippen MR) is 107 cm³/mol. The van der Waals surface area contributed by atoms with E-state index in [0.29, 0.717) is 19.5 Å².